The van der Waals surface area contributed by atoms with Gasteiger partial charge in [0.05, 0.1) is 7.11 Å². The topological polar surface area (TPSA) is 56.5 Å². The summed E-state index contributed by atoms with van der Waals surface area (Å²) < 4.78 is 19.3. The van der Waals surface area contributed by atoms with Gasteiger partial charge in [-0.2, -0.15) is 0 Å². The van der Waals surface area contributed by atoms with Crippen LogP contribution in [0.2, 0.25) is 0 Å². The van der Waals surface area contributed by atoms with Gasteiger partial charge in [0.2, 0.25) is 0 Å². The van der Waals surface area contributed by atoms with E-state index < -0.39 is 5.97 Å². The molecule has 7 heteroatoms. The van der Waals surface area contributed by atoms with Crippen molar-refractivity contribution >= 4 is 23.2 Å². The highest BCUT2D eigenvalue weighted by Crippen LogP contribution is 2.27. The van der Waals surface area contributed by atoms with Gasteiger partial charge < -0.3 is 4.74 Å². The van der Waals surface area contributed by atoms with Gasteiger partial charge in [0.15, 0.2) is 0 Å². The molecule has 0 radical (unpaired) electrons. The molecule has 0 aliphatic heterocycles. The molecule has 2 aromatic heterocycles. The molecule has 3 aromatic rings. The first-order valence-corrected chi connectivity index (χ1v) is 7.65. The van der Waals surface area contributed by atoms with E-state index in [1.54, 1.807) is 18.2 Å². The first kappa shape index (κ1) is 14.5. The van der Waals surface area contributed by atoms with E-state index in [0.29, 0.717) is 22.3 Å². The van der Waals surface area contributed by atoms with Crippen LogP contribution >= 0.6 is 11.8 Å². The fourth-order valence-corrected chi connectivity index (χ4v) is 2.51. The Labute approximate surface area is 130 Å². The number of benzene rings is 1. The Kier molecular flexibility index (Phi) is 3.81. The zero-order valence-corrected chi connectivity index (χ0v) is 12.7. The highest BCUT2D eigenvalue weighted by atomic mass is 32.2. The number of halogens is 1. The van der Waals surface area contributed by atoms with Gasteiger partial charge in [-0.05, 0) is 42.7 Å². The van der Waals surface area contributed by atoms with E-state index >= 15 is 0 Å². The van der Waals surface area contributed by atoms with Crippen molar-refractivity contribution in [2.24, 2.45) is 0 Å². The number of carbonyl (C=O) groups is 1. The van der Waals surface area contributed by atoms with Crippen molar-refractivity contribution in [3.8, 4) is 11.3 Å². The Bertz CT molecular complexity index is 846. The van der Waals surface area contributed by atoms with Gasteiger partial charge in [0, 0.05) is 5.56 Å². The first-order valence-electron chi connectivity index (χ1n) is 6.42. The normalized spacial score (nSPS) is 10.9. The molecule has 5 nitrogen and oxygen atoms in total. The first-order chi connectivity index (χ1) is 10.6. The summed E-state index contributed by atoms with van der Waals surface area (Å²) in [5.41, 5.74) is 1.90. The third-order valence-electron chi connectivity index (χ3n) is 3.20. The lowest BCUT2D eigenvalue weighted by atomic mass is 10.1. The van der Waals surface area contributed by atoms with Crippen molar-refractivity contribution in [2.45, 2.75) is 5.03 Å². The van der Waals surface area contributed by atoms with Crippen LogP contribution in [0.5, 0.6) is 0 Å². The van der Waals surface area contributed by atoms with E-state index in [1.807, 2.05) is 12.3 Å². The molecule has 0 N–H and O–H groups in total. The van der Waals surface area contributed by atoms with Crippen molar-refractivity contribution in [2.75, 3.05) is 13.4 Å². The van der Waals surface area contributed by atoms with Crippen LogP contribution in [0.1, 0.15) is 10.4 Å². The van der Waals surface area contributed by atoms with Crippen LogP contribution < -0.4 is 0 Å². The van der Waals surface area contributed by atoms with Gasteiger partial charge in [-0.1, -0.05) is 0 Å². The maximum absolute atomic E-state index is 13.1. The van der Waals surface area contributed by atoms with Gasteiger partial charge in [-0.3, -0.25) is 0 Å². The minimum absolute atomic E-state index is 0.314. The molecule has 0 unspecified atom stereocenters. The van der Waals surface area contributed by atoms with Crippen LogP contribution in [0.25, 0.3) is 16.8 Å². The average molecular weight is 317 g/mol. The highest BCUT2D eigenvalue weighted by Gasteiger charge is 2.22. The Morgan fingerprint density at radius 1 is 1.18 bits per heavy atom. The summed E-state index contributed by atoms with van der Waals surface area (Å²) in [4.78, 5) is 12.1. The molecule has 0 bridgehead atoms. The van der Waals surface area contributed by atoms with E-state index in [0.717, 1.165) is 5.03 Å². The molecule has 0 atom stereocenters. The lowest BCUT2D eigenvalue weighted by Gasteiger charge is -2.01. The summed E-state index contributed by atoms with van der Waals surface area (Å²) in [5.74, 6) is -0.858. The monoisotopic (exact) mass is 317 g/mol. The summed E-state index contributed by atoms with van der Waals surface area (Å²) in [7, 11) is 1.31. The average Bonchev–Trinajstić information content (AvgIpc) is 2.93. The molecule has 112 valence electrons. The Morgan fingerprint density at radius 2 is 1.91 bits per heavy atom. The SMILES string of the molecule is COC(=O)c1c(-c2ccc(F)cc2)nn2nc(SC)ccc12. The summed E-state index contributed by atoms with van der Waals surface area (Å²) >= 11 is 1.47. The number of ether oxygens (including phenoxy) is 1. The molecular formula is C15H12FN3O2S. The zero-order valence-electron chi connectivity index (χ0n) is 11.9. The summed E-state index contributed by atoms with van der Waals surface area (Å²) in [6, 6.07) is 9.36. The lowest BCUT2D eigenvalue weighted by Crippen LogP contribution is -2.03. The van der Waals surface area contributed by atoms with E-state index in [-0.39, 0.29) is 5.82 Å². The summed E-state index contributed by atoms with van der Waals surface area (Å²) in [6.45, 7) is 0. The smallest absolute Gasteiger partial charge is 0.342 e. The predicted octanol–water partition coefficient (Wildman–Crippen LogP) is 3.04. The van der Waals surface area contributed by atoms with Crippen LogP contribution in [0.4, 0.5) is 4.39 Å². The van der Waals surface area contributed by atoms with Crippen LogP contribution in [-0.2, 0) is 4.74 Å². The van der Waals surface area contributed by atoms with Gasteiger partial charge >= 0.3 is 5.97 Å². The molecule has 1 aromatic carbocycles. The van der Waals surface area contributed by atoms with Crippen molar-refractivity contribution in [3.05, 3.63) is 47.8 Å². The maximum atomic E-state index is 13.1. The molecule has 0 saturated heterocycles. The fraction of sp³-hybridized carbons (Fsp3) is 0.133. The molecule has 22 heavy (non-hydrogen) atoms. The molecule has 0 spiro atoms. The number of esters is 1. The Balaban J connectivity index is 2.27. The van der Waals surface area contributed by atoms with Crippen LogP contribution in [0.3, 0.4) is 0 Å². The van der Waals surface area contributed by atoms with Gasteiger partial charge in [0.1, 0.15) is 27.6 Å². The second-order valence-electron chi connectivity index (χ2n) is 4.47. The second-order valence-corrected chi connectivity index (χ2v) is 5.30. The largest absolute Gasteiger partial charge is 0.465 e. The lowest BCUT2D eigenvalue weighted by molar-refractivity contribution is 0.0604. The number of hydrogen-bond donors (Lipinski definition) is 0. The van der Waals surface area contributed by atoms with Crippen molar-refractivity contribution in [3.63, 3.8) is 0 Å². The van der Waals surface area contributed by atoms with E-state index in [4.69, 9.17) is 4.74 Å². The molecule has 2 heterocycles. The van der Waals surface area contributed by atoms with Crippen molar-refractivity contribution in [1.29, 1.82) is 0 Å². The number of methoxy groups -OCH3 is 1. The van der Waals surface area contributed by atoms with Crippen LogP contribution in [0.15, 0.2) is 41.4 Å². The molecular weight excluding hydrogens is 305 g/mol. The maximum Gasteiger partial charge on any atom is 0.342 e. The number of hydrogen-bond acceptors (Lipinski definition) is 5. The molecule has 0 amide bonds. The highest BCUT2D eigenvalue weighted by molar-refractivity contribution is 7.98. The van der Waals surface area contributed by atoms with E-state index in [2.05, 4.69) is 10.2 Å². The van der Waals surface area contributed by atoms with Gasteiger partial charge in [-0.25, -0.2) is 9.18 Å². The predicted molar refractivity (Wildman–Crippen MR) is 81.5 cm³/mol. The Hall–Kier alpha value is -2.41. The van der Waals surface area contributed by atoms with Crippen molar-refractivity contribution in [1.82, 2.24) is 14.8 Å². The zero-order chi connectivity index (χ0) is 15.7. The number of rotatable bonds is 3. The van der Waals surface area contributed by atoms with E-state index in [9.17, 15) is 9.18 Å². The number of fused-ring (bicyclic) bond motifs is 1. The number of nitrogens with zero attached hydrogens (tertiary/aromatic N) is 3. The molecule has 0 aliphatic carbocycles. The Morgan fingerprint density at radius 3 is 2.55 bits per heavy atom. The molecule has 0 fully saturated rings. The van der Waals surface area contributed by atoms with Gasteiger partial charge in [-0.15, -0.1) is 26.6 Å². The number of carbonyl (C=O) groups excluding carboxylic acids is 1. The standard InChI is InChI=1S/C15H12FN3O2S/c1-21-15(20)13-11-7-8-12(22-2)17-19(11)18-14(13)9-3-5-10(16)6-4-9/h3-8H,1-2H3. The second kappa shape index (κ2) is 5.76. The number of thioether (sulfide) groups is 1. The van der Waals surface area contributed by atoms with Crippen LogP contribution in [0, 0.1) is 5.82 Å². The van der Waals surface area contributed by atoms with E-state index in [1.165, 1.54) is 35.6 Å². The molecule has 0 aliphatic rings. The van der Waals surface area contributed by atoms with Crippen molar-refractivity contribution < 1.29 is 13.9 Å². The molecule has 0 saturated carbocycles. The minimum Gasteiger partial charge on any atom is -0.465 e. The quantitative estimate of drug-likeness (QED) is 0.549. The van der Waals surface area contributed by atoms with Crippen LogP contribution in [-0.4, -0.2) is 34.2 Å². The summed E-state index contributed by atoms with van der Waals surface area (Å²) in [6.07, 6.45) is 1.90. The third-order valence-corrected chi connectivity index (χ3v) is 3.83. The van der Waals surface area contributed by atoms with Gasteiger partial charge in [0.25, 0.3) is 0 Å². The third kappa shape index (κ3) is 2.43. The number of aromatic nitrogens is 3. The fourth-order valence-electron chi connectivity index (χ4n) is 2.15. The molecule has 3 rings (SSSR count). The summed E-state index contributed by atoms with van der Waals surface area (Å²) in [5, 5.41) is 9.46. The minimum atomic E-state index is -0.506.